The molecule has 1 aromatic heterocycles. The summed E-state index contributed by atoms with van der Waals surface area (Å²) >= 11 is 0. The molecule has 2 aromatic rings. The number of nitro benzene ring substituents is 1. The van der Waals surface area contributed by atoms with Gasteiger partial charge in [-0.15, -0.1) is 12.4 Å². The number of imidazole rings is 1. The highest BCUT2D eigenvalue weighted by Crippen LogP contribution is 2.38. The van der Waals surface area contributed by atoms with E-state index in [2.05, 4.69) is 34.4 Å². The zero-order chi connectivity index (χ0) is 22.5. The molecule has 11 heteroatoms. The van der Waals surface area contributed by atoms with Crippen molar-refractivity contribution in [2.75, 3.05) is 32.2 Å². The molecule has 1 aromatic carbocycles. The van der Waals surface area contributed by atoms with Crippen LogP contribution in [0.4, 0.5) is 11.6 Å². The van der Waals surface area contributed by atoms with Gasteiger partial charge in [0.05, 0.1) is 35.5 Å². The van der Waals surface area contributed by atoms with E-state index in [4.69, 9.17) is 4.74 Å². The SMILES string of the molecule is CCN(CC)CNCc1cnc2n1C(c1cccc([N+](=O)[O-])c1)C(C(=O)OC)=C(C)N2.Cl. The van der Waals surface area contributed by atoms with Gasteiger partial charge in [-0.2, -0.15) is 0 Å². The lowest BCUT2D eigenvalue weighted by atomic mass is 9.94. The predicted molar refractivity (Wildman–Crippen MR) is 124 cm³/mol. The van der Waals surface area contributed by atoms with Gasteiger partial charge in [-0.3, -0.25) is 20.3 Å². The van der Waals surface area contributed by atoms with E-state index in [1.807, 2.05) is 4.57 Å². The maximum absolute atomic E-state index is 12.7. The normalized spacial score (nSPS) is 15.1. The van der Waals surface area contributed by atoms with Crippen molar-refractivity contribution >= 4 is 30.0 Å². The van der Waals surface area contributed by atoms with Crippen LogP contribution >= 0.6 is 12.4 Å². The van der Waals surface area contributed by atoms with Crippen LogP contribution < -0.4 is 10.6 Å². The standard InChI is InChI=1S/C21H28N6O4.ClH/c1-5-25(6-2)13-22-11-17-12-23-21-24-14(3)18(20(28)31-4)19(26(17)21)15-8-7-9-16(10-15)27(29)30;/h7-10,12,19,22H,5-6,11,13H2,1-4H3,(H,23,24);1H. The van der Waals surface area contributed by atoms with Crippen LogP contribution in [-0.4, -0.2) is 52.2 Å². The first-order valence-electron chi connectivity index (χ1n) is 10.2. The Morgan fingerprint density at radius 1 is 1.38 bits per heavy atom. The molecule has 0 spiro atoms. The number of halogens is 1. The van der Waals surface area contributed by atoms with Gasteiger partial charge >= 0.3 is 5.97 Å². The van der Waals surface area contributed by atoms with Crippen LogP contribution in [0.25, 0.3) is 0 Å². The Morgan fingerprint density at radius 3 is 2.72 bits per heavy atom. The molecule has 1 aliphatic rings. The minimum Gasteiger partial charge on any atom is -0.466 e. The summed E-state index contributed by atoms with van der Waals surface area (Å²) in [7, 11) is 1.32. The number of anilines is 1. The van der Waals surface area contributed by atoms with E-state index in [1.165, 1.54) is 19.2 Å². The first-order valence-corrected chi connectivity index (χ1v) is 10.2. The number of fused-ring (bicyclic) bond motifs is 1. The zero-order valence-electron chi connectivity index (χ0n) is 18.6. The molecule has 0 fully saturated rings. The number of nitrogens with zero attached hydrogens (tertiary/aromatic N) is 4. The second-order valence-electron chi connectivity index (χ2n) is 7.24. The van der Waals surface area contributed by atoms with Crippen LogP contribution in [0.3, 0.4) is 0 Å². The fourth-order valence-corrected chi connectivity index (χ4v) is 3.76. The number of allylic oxidation sites excluding steroid dienone is 1. The smallest absolute Gasteiger partial charge is 0.337 e. The number of hydrogen-bond donors (Lipinski definition) is 2. The quantitative estimate of drug-likeness (QED) is 0.252. The molecule has 174 valence electrons. The van der Waals surface area contributed by atoms with Crippen molar-refractivity contribution in [3.63, 3.8) is 0 Å². The second kappa shape index (κ2) is 11.1. The zero-order valence-corrected chi connectivity index (χ0v) is 19.4. The Kier molecular flexibility index (Phi) is 8.76. The van der Waals surface area contributed by atoms with Gasteiger partial charge in [0.1, 0.15) is 0 Å². The Labute approximate surface area is 193 Å². The molecule has 0 amide bonds. The number of benzene rings is 1. The van der Waals surface area contributed by atoms with Gasteiger partial charge in [0.25, 0.3) is 5.69 Å². The number of nitrogens with one attached hydrogen (secondary N) is 2. The molecule has 0 bridgehead atoms. The van der Waals surface area contributed by atoms with Gasteiger partial charge in [-0.1, -0.05) is 26.0 Å². The molecule has 2 N–H and O–H groups in total. The number of ether oxygens (including phenoxy) is 1. The number of methoxy groups -OCH3 is 1. The van der Waals surface area contributed by atoms with E-state index in [1.54, 1.807) is 25.3 Å². The van der Waals surface area contributed by atoms with E-state index in [0.717, 1.165) is 18.8 Å². The van der Waals surface area contributed by atoms with Crippen molar-refractivity contribution in [1.29, 1.82) is 0 Å². The van der Waals surface area contributed by atoms with Crippen LogP contribution in [0.1, 0.15) is 38.1 Å². The minimum atomic E-state index is -0.601. The largest absolute Gasteiger partial charge is 0.466 e. The van der Waals surface area contributed by atoms with Crippen molar-refractivity contribution in [3.05, 3.63) is 63.1 Å². The molecule has 0 saturated heterocycles. The van der Waals surface area contributed by atoms with Crippen molar-refractivity contribution in [3.8, 4) is 0 Å². The number of rotatable bonds is 9. The maximum atomic E-state index is 12.7. The summed E-state index contributed by atoms with van der Waals surface area (Å²) in [5.41, 5.74) is 2.41. The molecular weight excluding hydrogens is 436 g/mol. The lowest BCUT2D eigenvalue weighted by molar-refractivity contribution is -0.384. The van der Waals surface area contributed by atoms with E-state index in [0.29, 0.717) is 36.0 Å². The third-order valence-corrected chi connectivity index (χ3v) is 5.45. The van der Waals surface area contributed by atoms with Crippen molar-refractivity contribution in [2.24, 2.45) is 0 Å². The maximum Gasteiger partial charge on any atom is 0.337 e. The monoisotopic (exact) mass is 464 g/mol. The van der Waals surface area contributed by atoms with Gasteiger partial charge in [0, 0.05) is 31.0 Å². The fraction of sp³-hybridized carbons (Fsp3) is 0.429. The van der Waals surface area contributed by atoms with Crippen molar-refractivity contribution in [2.45, 2.75) is 33.4 Å². The van der Waals surface area contributed by atoms with Crippen LogP contribution in [0, 0.1) is 10.1 Å². The number of carbonyl (C=O) groups excluding carboxylic acids is 1. The number of hydrogen-bond acceptors (Lipinski definition) is 8. The molecule has 1 unspecified atom stereocenters. The van der Waals surface area contributed by atoms with E-state index in [9.17, 15) is 14.9 Å². The average Bonchev–Trinajstić information content (AvgIpc) is 3.17. The van der Waals surface area contributed by atoms with E-state index >= 15 is 0 Å². The number of esters is 1. The molecule has 0 radical (unpaired) electrons. The topological polar surface area (TPSA) is 115 Å². The van der Waals surface area contributed by atoms with Crippen molar-refractivity contribution in [1.82, 2.24) is 19.8 Å². The molecule has 0 saturated carbocycles. The van der Waals surface area contributed by atoms with E-state index in [-0.39, 0.29) is 18.1 Å². The summed E-state index contributed by atoms with van der Waals surface area (Å²) in [6.07, 6.45) is 1.75. The first kappa shape index (κ1) is 25.3. The highest BCUT2D eigenvalue weighted by Gasteiger charge is 2.35. The summed E-state index contributed by atoms with van der Waals surface area (Å²) in [5, 5.41) is 17.9. The summed E-state index contributed by atoms with van der Waals surface area (Å²) < 4.78 is 6.93. The Hall–Kier alpha value is -2.95. The van der Waals surface area contributed by atoms with Crippen LogP contribution in [0.2, 0.25) is 0 Å². The molecule has 3 rings (SSSR count). The molecule has 2 heterocycles. The van der Waals surface area contributed by atoms with Gasteiger partial charge in [0.2, 0.25) is 5.95 Å². The number of nitro groups is 1. The van der Waals surface area contributed by atoms with Crippen LogP contribution in [0.15, 0.2) is 41.7 Å². The van der Waals surface area contributed by atoms with Gasteiger partial charge in [-0.25, -0.2) is 9.78 Å². The van der Waals surface area contributed by atoms with Crippen molar-refractivity contribution < 1.29 is 14.5 Å². The fourth-order valence-electron chi connectivity index (χ4n) is 3.76. The Morgan fingerprint density at radius 2 is 2.09 bits per heavy atom. The van der Waals surface area contributed by atoms with Gasteiger partial charge in [0.15, 0.2) is 0 Å². The summed E-state index contributed by atoms with van der Waals surface area (Å²) in [6.45, 7) is 9.06. The molecule has 0 aliphatic carbocycles. The molecule has 1 aliphatic heterocycles. The number of non-ortho nitro benzene ring substituents is 1. The lowest BCUT2D eigenvalue weighted by Gasteiger charge is -2.31. The van der Waals surface area contributed by atoms with E-state index < -0.39 is 16.9 Å². The minimum absolute atomic E-state index is 0. The van der Waals surface area contributed by atoms with Crippen LogP contribution in [0.5, 0.6) is 0 Å². The molecular formula is C21H29ClN6O4. The molecule has 1 atom stereocenters. The molecule has 32 heavy (non-hydrogen) atoms. The van der Waals surface area contributed by atoms with Gasteiger partial charge in [-0.05, 0) is 25.6 Å². The predicted octanol–water partition coefficient (Wildman–Crippen LogP) is 3.06. The average molecular weight is 465 g/mol. The second-order valence-corrected chi connectivity index (χ2v) is 7.24. The first-order chi connectivity index (χ1) is 14.9. The van der Waals surface area contributed by atoms with Crippen LogP contribution in [-0.2, 0) is 16.1 Å². The highest BCUT2D eigenvalue weighted by molar-refractivity contribution is 5.92. The third-order valence-electron chi connectivity index (χ3n) is 5.45. The third kappa shape index (κ3) is 5.09. The summed E-state index contributed by atoms with van der Waals surface area (Å²) in [6, 6.07) is 5.71. The Balaban J connectivity index is 0.00000363. The summed E-state index contributed by atoms with van der Waals surface area (Å²) in [4.78, 5) is 30.3. The Bertz CT molecular complexity index is 1000. The van der Waals surface area contributed by atoms with Gasteiger partial charge < -0.3 is 14.6 Å². The molecule has 10 nitrogen and oxygen atoms in total. The number of aromatic nitrogens is 2. The lowest BCUT2D eigenvalue weighted by Crippen LogP contribution is -2.35. The highest BCUT2D eigenvalue weighted by atomic mass is 35.5. The summed E-state index contributed by atoms with van der Waals surface area (Å²) in [5.74, 6) is 0.0733. The number of carbonyl (C=O) groups is 1.